The topological polar surface area (TPSA) is 0 Å². The predicted octanol–water partition coefficient (Wildman–Crippen LogP) is 3.69. The second-order valence-corrected chi connectivity index (χ2v) is 4.12. The Hall–Kier alpha value is 0.180. The molecule has 0 radical (unpaired) electrons. The van der Waals surface area contributed by atoms with Gasteiger partial charge in [-0.1, -0.05) is 44.0 Å². The summed E-state index contributed by atoms with van der Waals surface area (Å²) in [6.07, 6.45) is 1.09. The maximum Gasteiger partial charge on any atom is 0.0210 e. The second kappa shape index (κ2) is 4.27. The quantitative estimate of drug-likeness (QED) is 0.724. The van der Waals surface area contributed by atoms with Gasteiger partial charge >= 0.3 is 0 Å². The van der Waals surface area contributed by atoms with E-state index in [0.717, 1.165) is 11.8 Å². The molecule has 0 aliphatic rings. The van der Waals surface area contributed by atoms with Crippen LogP contribution in [-0.2, 0) is 6.42 Å². The van der Waals surface area contributed by atoms with Crippen LogP contribution in [0.25, 0.3) is 0 Å². The monoisotopic (exact) mass is 276 g/mol. The molecule has 0 saturated heterocycles. The van der Waals surface area contributed by atoms with Crippen molar-refractivity contribution in [3.8, 4) is 0 Å². The minimum Gasteiger partial charge on any atom is -0.0924 e. The van der Waals surface area contributed by atoms with Crippen LogP contribution in [0, 0.1) is 6.92 Å². The number of aryl methyl sites for hydroxylation is 1. The fraction of sp³-hybridized carbons (Fsp3) is 0.333. The van der Waals surface area contributed by atoms with Crippen molar-refractivity contribution in [3.05, 3.63) is 33.8 Å². The van der Waals surface area contributed by atoms with Gasteiger partial charge in [0.1, 0.15) is 0 Å². The van der Waals surface area contributed by atoms with Gasteiger partial charge in [-0.25, -0.2) is 0 Å². The van der Waals surface area contributed by atoms with Crippen LogP contribution in [0.5, 0.6) is 0 Å². The summed E-state index contributed by atoms with van der Waals surface area (Å²) in [7, 11) is 0. The SMILES string of the molecule is Cc1cccc(Br)c1CCBr. The first kappa shape index (κ1) is 9.27. The van der Waals surface area contributed by atoms with Gasteiger partial charge in [-0.2, -0.15) is 0 Å². The number of benzene rings is 1. The van der Waals surface area contributed by atoms with Crippen LogP contribution < -0.4 is 0 Å². The van der Waals surface area contributed by atoms with E-state index in [4.69, 9.17) is 0 Å². The van der Waals surface area contributed by atoms with Gasteiger partial charge in [0.05, 0.1) is 0 Å². The molecule has 0 aromatic heterocycles. The zero-order valence-electron chi connectivity index (χ0n) is 6.40. The lowest BCUT2D eigenvalue weighted by Gasteiger charge is -2.05. The fourth-order valence-electron chi connectivity index (χ4n) is 1.08. The molecule has 0 aliphatic carbocycles. The first-order valence-electron chi connectivity index (χ1n) is 3.55. The maximum absolute atomic E-state index is 3.53. The van der Waals surface area contributed by atoms with Crippen LogP contribution in [0.15, 0.2) is 22.7 Å². The zero-order valence-corrected chi connectivity index (χ0v) is 9.57. The van der Waals surface area contributed by atoms with Gasteiger partial charge in [0.15, 0.2) is 0 Å². The van der Waals surface area contributed by atoms with Gasteiger partial charge in [-0.3, -0.25) is 0 Å². The van der Waals surface area contributed by atoms with Gasteiger partial charge < -0.3 is 0 Å². The van der Waals surface area contributed by atoms with Gasteiger partial charge in [0.2, 0.25) is 0 Å². The molecule has 1 aromatic carbocycles. The molecule has 0 nitrogen and oxygen atoms in total. The van der Waals surface area contributed by atoms with Crippen molar-refractivity contribution in [3.63, 3.8) is 0 Å². The average Bonchev–Trinajstić information content (AvgIpc) is 1.97. The normalized spacial score (nSPS) is 10.1. The molecule has 0 bridgehead atoms. The molecule has 0 heterocycles. The third-order valence-electron chi connectivity index (χ3n) is 1.70. The summed E-state index contributed by atoms with van der Waals surface area (Å²) in [6.45, 7) is 2.14. The highest BCUT2D eigenvalue weighted by atomic mass is 79.9. The maximum atomic E-state index is 3.53. The Labute approximate surface area is 84.3 Å². The predicted molar refractivity (Wildman–Crippen MR) is 56.4 cm³/mol. The highest BCUT2D eigenvalue weighted by molar-refractivity contribution is 9.10. The van der Waals surface area contributed by atoms with Gasteiger partial charge in [-0.05, 0) is 30.5 Å². The van der Waals surface area contributed by atoms with Crippen LogP contribution in [0.4, 0.5) is 0 Å². The second-order valence-electron chi connectivity index (χ2n) is 2.47. The van der Waals surface area contributed by atoms with E-state index < -0.39 is 0 Å². The highest BCUT2D eigenvalue weighted by Crippen LogP contribution is 2.20. The van der Waals surface area contributed by atoms with Gasteiger partial charge in [-0.15, -0.1) is 0 Å². The summed E-state index contributed by atoms with van der Waals surface area (Å²) in [5.41, 5.74) is 2.77. The molecule has 2 heteroatoms. The van der Waals surface area contributed by atoms with E-state index in [2.05, 4.69) is 57.0 Å². The molecule has 0 atom stereocenters. The minimum absolute atomic E-state index is 1.02. The van der Waals surface area contributed by atoms with E-state index in [1.807, 2.05) is 0 Å². The van der Waals surface area contributed by atoms with E-state index in [-0.39, 0.29) is 0 Å². The molecule has 0 fully saturated rings. The van der Waals surface area contributed by atoms with E-state index in [1.54, 1.807) is 0 Å². The Morgan fingerprint density at radius 1 is 1.36 bits per heavy atom. The molecule has 1 aromatic rings. The Morgan fingerprint density at radius 3 is 2.64 bits per heavy atom. The molecule has 0 aliphatic heterocycles. The van der Waals surface area contributed by atoms with Crippen molar-refractivity contribution in [1.82, 2.24) is 0 Å². The molecule has 0 spiro atoms. The lowest BCUT2D eigenvalue weighted by atomic mass is 10.1. The first-order valence-corrected chi connectivity index (χ1v) is 5.47. The molecule has 0 N–H and O–H groups in total. The number of halogens is 2. The van der Waals surface area contributed by atoms with Crippen molar-refractivity contribution < 1.29 is 0 Å². The fourth-order valence-corrected chi connectivity index (χ4v) is 2.14. The van der Waals surface area contributed by atoms with E-state index in [1.165, 1.54) is 15.6 Å². The highest BCUT2D eigenvalue weighted by Gasteiger charge is 2.00. The Bertz CT molecular complexity index is 223. The molecule has 0 unspecified atom stereocenters. The van der Waals surface area contributed by atoms with Crippen LogP contribution in [-0.4, -0.2) is 5.33 Å². The number of rotatable bonds is 2. The summed E-state index contributed by atoms with van der Waals surface area (Å²) in [5, 5.41) is 1.02. The van der Waals surface area contributed by atoms with Crippen LogP contribution in [0.2, 0.25) is 0 Å². The molecule has 1 rings (SSSR count). The Balaban J connectivity index is 3.00. The number of hydrogen-bond donors (Lipinski definition) is 0. The summed E-state index contributed by atoms with van der Waals surface area (Å²) in [6, 6.07) is 6.30. The lowest BCUT2D eigenvalue weighted by Crippen LogP contribution is -1.91. The lowest BCUT2D eigenvalue weighted by molar-refractivity contribution is 1.12. The van der Waals surface area contributed by atoms with Gasteiger partial charge in [0, 0.05) is 9.80 Å². The molecule has 60 valence electrons. The Morgan fingerprint density at radius 2 is 2.09 bits per heavy atom. The van der Waals surface area contributed by atoms with Crippen molar-refractivity contribution in [1.29, 1.82) is 0 Å². The third-order valence-corrected chi connectivity index (χ3v) is 2.84. The smallest absolute Gasteiger partial charge is 0.0210 e. The van der Waals surface area contributed by atoms with Crippen LogP contribution in [0.3, 0.4) is 0 Å². The summed E-state index contributed by atoms with van der Waals surface area (Å²) in [5.74, 6) is 0. The van der Waals surface area contributed by atoms with Gasteiger partial charge in [0.25, 0.3) is 0 Å². The van der Waals surface area contributed by atoms with E-state index in [9.17, 15) is 0 Å². The molecule has 0 amide bonds. The molecule has 0 saturated carbocycles. The van der Waals surface area contributed by atoms with Crippen LogP contribution in [0.1, 0.15) is 11.1 Å². The minimum atomic E-state index is 1.02. The standard InChI is InChI=1S/C9H10Br2/c1-7-3-2-4-9(11)8(7)5-6-10/h2-4H,5-6H2,1H3. The number of alkyl halides is 1. The Kier molecular flexibility index (Phi) is 3.60. The first-order chi connectivity index (χ1) is 5.25. The van der Waals surface area contributed by atoms with E-state index >= 15 is 0 Å². The van der Waals surface area contributed by atoms with Crippen molar-refractivity contribution in [2.45, 2.75) is 13.3 Å². The largest absolute Gasteiger partial charge is 0.0924 e. The van der Waals surface area contributed by atoms with Crippen molar-refractivity contribution >= 4 is 31.9 Å². The third kappa shape index (κ3) is 2.31. The molecular formula is C9H10Br2. The van der Waals surface area contributed by atoms with Crippen molar-refractivity contribution in [2.75, 3.05) is 5.33 Å². The van der Waals surface area contributed by atoms with Crippen molar-refractivity contribution in [2.24, 2.45) is 0 Å². The molecule has 11 heavy (non-hydrogen) atoms. The average molecular weight is 278 g/mol. The van der Waals surface area contributed by atoms with E-state index in [0.29, 0.717) is 0 Å². The number of hydrogen-bond acceptors (Lipinski definition) is 0. The summed E-state index contributed by atoms with van der Waals surface area (Å²) in [4.78, 5) is 0. The zero-order chi connectivity index (χ0) is 8.27. The molecular weight excluding hydrogens is 268 g/mol. The van der Waals surface area contributed by atoms with Crippen LogP contribution >= 0.6 is 31.9 Å². The summed E-state index contributed by atoms with van der Waals surface area (Å²) >= 11 is 6.96. The summed E-state index contributed by atoms with van der Waals surface area (Å²) < 4.78 is 1.22.